The lowest BCUT2D eigenvalue weighted by Gasteiger charge is -2.22. The highest BCUT2D eigenvalue weighted by Crippen LogP contribution is 2.36. The lowest BCUT2D eigenvalue weighted by molar-refractivity contribution is 0.0446. The molecule has 15 heavy (non-hydrogen) atoms. The van der Waals surface area contributed by atoms with Gasteiger partial charge in [-0.2, -0.15) is 0 Å². The molecule has 0 heterocycles. The zero-order chi connectivity index (χ0) is 10.9. The number of hydrogen-bond acceptors (Lipinski definition) is 2. The van der Waals surface area contributed by atoms with E-state index in [4.69, 9.17) is 5.11 Å². The van der Waals surface area contributed by atoms with Gasteiger partial charge < -0.3 is 10.2 Å². The Labute approximate surface area is 90.6 Å². The SMILES string of the molecule is CC1CCC(O)(Cc2ccc(O)cc2)C1. The second kappa shape index (κ2) is 3.86. The molecule has 0 aromatic heterocycles. The molecule has 0 bridgehead atoms. The summed E-state index contributed by atoms with van der Waals surface area (Å²) in [6.45, 7) is 2.19. The van der Waals surface area contributed by atoms with Gasteiger partial charge in [0.1, 0.15) is 5.75 Å². The number of hydrogen-bond donors (Lipinski definition) is 2. The first-order valence-corrected chi connectivity index (χ1v) is 5.58. The summed E-state index contributed by atoms with van der Waals surface area (Å²) in [6, 6.07) is 7.13. The molecule has 0 amide bonds. The van der Waals surface area contributed by atoms with Crippen LogP contribution in [0.15, 0.2) is 24.3 Å². The highest BCUT2D eigenvalue weighted by molar-refractivity contribution is 5.27. The minimum absolute atomic E-state index is 0.283. The van der Waals surface area contributed by atoms with Gasteiger partial charge in [0.15, 0.2) is 0 Å². The predicted octanol–water partition coefficient (Wildman–Crippen LogP) is 2.49. The molecule has 1 aliphatic carbocycles. The number of aliphatic hydroxyl groups is 1. The molecule has 0 spiro atoms. The Balaban J connectivity index is 2.05. The van der Waals surface area contributed by atoms with Gasteiger partial charge in [-0.3, -0.25) is 0 Å². The standard InChI is InChI=1S/C13H18O2/c1-10-6-7-13(15,8-10)9-11-2-4-12(14)5-3-11/h2-5,10,14-15H,6-9H2,1H3. The summed E-state index contributed by atoms with van der Waals surface area (Å²) in [5.74, 6) is 0.914. The average Bonchev–Trinajstić information content (AvgIpc) is 2.50. The maximum absolute atomic E-state index is 10.3. The lowest BCUT2D eigenvalue weighted by Crippen LogP contribution is -2.27. The molecule has 2 heteroatoms. The molecule has 1 fully saturated rings. The summed E-state index contributed by atoms with van der Waals surface area (Å²) in [7, 11) is 0. The van der Waals surface area contributed by atoms with E-state index < -0.39 is 5.60 Å². The van der Waals surface area contributed by atoms with E-state index in [0.29, 0.717) is 12.3 Å². The molecule has 2 nitrogen and oxygen atoms in total. The van der Waals surface area contributed by atoms with Crippen molar-refractivity contribution in [2.24, 2.45) is 5.92 Å². The molecule has 0 radical (unpaired) electrons. The first-order valence-electron chi connectivity index (χ1n) is 5.58. The van der Waals surface area contributed by atoms with Gasteiger partial charge in [0.25, 0.3) is 0 Å². The molecule has 82 valence electrons. The van der Waals surface area contributed by atoms with E-state index in [2.05, 4.69) is 6.92 Å². The number of benzene rings is 1. The van der Waals surface area contributed by atoms with Crippen molar-refractivity contribution in [2.75, 3.05) is 0 Å². The second-order valence-electron chi connectivity index (χ2n) is 4.92. The highest BCUT2D eigenvalue weighted by atomic mass is 16.3. The molecule has 2 N–H and O–H groups in total. The third kappa shape index (κ3) is 2.51. The summed E-state index contributed by atoms with van der Waals surface area (Å²) in [5, 5.41) is 19.5. The van der Waals surface area contributed by atoms with Crippen LogP contribution < -0.4 is 0 Å². The molecule has 1 aromatic rings. The van der Waals surface area contributed by atoms with Crippen molar-refractivity contribution in [2.45, 2.75) is 38.2 Å². The van der Waals surface area contributed by atoms with E-state index >= 15 is 0 Å². The Kier molecular flexibility index (Phi) is 2.70. The van der Waals surface area contributed by atoms with Crippen LogP contribution in [0.5, 0.6) is 5.75 Å². The van der Waals surface area contributed by atoms with E-state index in [1.54, 1.807) is 12.1 Å². The van der Waals surface area contributed by atoms with Gasteiger partial charge in [0.2, 0.25) is 0 Å². The molecule has 2 atom stereocenters. The van der Waals surface area contributed by atoms with Crippen molar-refractivity contribution in [3.8, 4) is 5.75 Å². The van der Waals surface area contributed by atoms with Crippen LogP contribution in [0.2, 0.25) is 0 Å². The number of phenols is 1. The number of phenolic OH excluding ortho intramolecular Hbond substituents is 1. The Bertz CT molecular complexity index is 331. The Morgan fingerprint density at radius 3 is 2.53 bits per heavy atom. The summed E-state index contributed by atoms with van der Waals surface area (Å²) < 4.78 is 0. The van der Waals surface area contributed by atoms with Crippen LogP contribution in [0.3, 0.4) is 0 Å². The molecule has 0 aliphatic heterocycles. The fourth-order valence-corrected chi connectivity index (χ4v) is 2.52. The molecular weight excluding hydrogens is 188 g/mol. The van der Waals surface area contributed by atoms with Crippen LogP contribution in [0.4, 0.5) is 0 Å². The average molecular weight is 206 g/mol. The van der Waals surface area contributed by atoms with Gasteiger partial charge in [0.05, 0.1) is 5.60 Å². The molecule has 1 saturated carbocycles. The normalized spacial score (nSPS) is 30.7. The molecular formula is C13H18O2. The molecule has 2 unspecified atom stereocenters. The minimum Gasteiger partial charge on any atom is -0.508 e. The van der Waals surface area contributed by atoms with E-state index in [-0.39, 0.29) is 5.75 Å². The summed E-state index contributed by atoms with van der Waals surface area (Å²) >= 11 is 0. The van der Waals surface area contributed by atoms with Gasteiger partial charge >= 0.3 is 0 Å². The molecule has 0 saturated heterocycles. The zero-order valence-electron chi connectivity index (χ0n) is 9.11. The first kappa shape index (κ1) is 10.5. The van der Waals surface area contributed by atoms with Gasteiger partial charge in [0, 0.05) is 6.42 Å². The third-order valence-electron chi connectivity index (χ3n) is 3.30. The van der Waals surface area contributed by atoms with Crippen LogP contribution in [0.25, 0.3) is 0 Å². The largest absolute Gasteiger partial charge is 0.508 e. The van der Waals surface area contributed by atoms with Crippen molar-refractivity contribution in [3.05, 3.63) is 29.8 Å². The van der Waals surface area contributed by atoms with Crippen molar-refractivity contribution >= 4 is 0 Å². The van der Waals surface area contributed by atoms with Crippen molar-refractivity contribution in [1.82, 2.24) is 0 Å². The van der Waals surface area contributed by atoms with Crippen LogP contribution in [0.1, 0.15) is 31.7 Å². The second-order valence-corrected chi connectivity index (χ2v) is 4.92. The third-order valence-corrected chi connectivity index (χ3v) is 3.30. The van der Waals surface area contributed by atoms with Crippen molar-refractivity contribution in [3.63, 3.8) is 0 Å². The quantitative estimate of drug-likeness (QED) is 0.780. The van der Waals surface area contributed by atoms with Crippen LogP contribution in [-0.2, 0) is 6.42 Å². The maximum atomic E-state index is 10.3. The minimum atomic E-state index is -0.517. The highest BCUT2D eigenvalue weighted by Gasteiger charge is 2.35. The maximum Gasteiger partial charge on any atom is 0.115 e. The summed E-state index contributed by atoms with van der Waals surface area (Å²) in [4.78, 5) is 0. The topological polar surface area (TPSA) is 40.5 Å². The number of rotatable bonds is 2. The first-order chi connectivity index (χ1) is 7.07. The van der Waals surface area contributed by atoms with Crippen LogP contribution in [-0.4, -0.2) is 15.8 Å². The fraction of sp³-hybridized carbons (Fsp3) is 0.538. The Morgan fingerprint density at radius 2 is 2.00 bits per heavy atom. The monoisotopic (exact) mass is 206 g/mol. The Morgan fingerprint density at radius 1 is 1.33 bits per heavy atom. The molecule has 2 rings (SSSR count). The fourth-order valence-electron chi connectivity index (χ4n) is 2.52. The zero-order valence-corrected chi connectivity index (χ0v) is 9.11. The molecule has 1 aliphatic rings. The van der Waals surface area contributed by atoms with Gasteiger partial charge in [-0.15, -0.1) is 0 Å². The smallest absolute Gasteiger partial charge is 0.115 e. The van der Waals surface area contributed by atoms with E-state index in [0.717, 1.165) is 24.8 Å². The van der Waals surface area contributed by atoms with Gasteiger partial charge in [-0.05, 0) is 42.9 Å². The Hall–Kier alpha value is -1.02. The van der Waals surface area contributed by atoms with E-state index in [9.17, 15) is 5.11 Å². The van der Waals surface area contributed by atoms with Crippen LogP contribution >= 0.6 is 0 Å². The lowest BCUT2D eigenvalue weighted by atomic mass is 9.92. The van der Waals surface area contributed by atoms with Gasteiger partial charge in [-0.1, -0.05) is 19.1 Å². The summed E-state index contributed by atoms with van der Waals surface area (Å²) in [6.07, 6.45) is 3.62. The predicted molar refractivity (Wildman–Crippen MR) is 59.8 cm³/mol. The molecule has 1 aromatic carbocycles. The van der Waals surface area contributed by atoms with Gasteiger partial charge in [-0.25, -0.2) is 0 Å². The van der Waals surface area contributed by atoms with Crippen LogP contribution in [0, 0.1) is 5.92 Å². The van der Waals surface area contributed by atoms with Crippen molar-refractivity contribution in [1.29, 1.82) is 0 Å². The van der Waals surface area contributed by atoms with E-state index in [1.165, 1.54) is 0 Å². The van der Waals surface area contributed by atoms with E-state index in [1.807, 2.05) is 12.1 Å². The number of aromatic hydroxyl groups is 1. The summed E-state index contributed by atoms with van der Waals surface area (Å²) in [5.41, 5.74) is 0.584. The van der Waals surface area contributed by atoms with Crippen molar-refractivity contribution < 1.29 is 10.2 Å².